The Bertz CT molecular complexity index is 862. The summed E-state index contributed by atoms with van der Waals surface area (Å²) in [5, 5.41) is 11.0. The van der Waals surface area contributed by atoms with Gasteiger partial charge >= 0.3 is 5.97 Å². The highest BCUT2D eigenvalue weighted by molar-refractivity contribution is 7.13. The number of thiophene rings is 1. The lowest BCUT2D eigenvalue weighted by Gasteiger charge is -2.38. The first-order valence-electron chi connectivity index (χ1n) is 14.1. The number of allylic oxidation sites excluding steroid dienone is 1. The molecule has 0 saturated heterocycles. The topological polar surface area (TPSA) is 55.8 Å². The minimum Gasteiger partial charge on any atom is -0.465 e. The number of aliphatic hydroxyl groups excluding tert-OH is 1. The van der Waals surface area contributed by atoms with E-state index in [0.29, 0.717) is 22.6 Å². The molecule has 1 fully saturated rings. The van der Waals surface area contributed by atoms with Crippen molar-refractivity contribution in [2.24, 2.45) is 17.8 Å². The maximum atomic E-state index is 11.7. The summed E-state index contributed by atoms with van der Waals surface area (Å²) >= 11 is 8.29. The van der Waals surface area contributed by atoms with E-state index in [2.05, 4.69) is 53.8 Å². The van der Waals surface area contributed by atoms with Gasteiger partial charge in [-0.2, -0.15) is 0 Å². The predicted octanol–water partition coefficient (Wildman–Crippen LogP) is 8.62. The number of carbonyl (C=O) groups is 1. The largest absolute Gasteiger partial charge is 0.465 e. The smallest absolute Gasteiger partial charge is 0.348 e. The lowest BCUT2D eigenvalue weighted by molar-refractivity contribution is 0.0606. The molecule has 0 aromatic carbocycles. The molecule has 4 nitrogen and oxygen atoms in total. The first-order chi connectivity index (χ1) is 17.2. The van der Waals surface area contributed by atoms with Crippen LogP contribution in [0, 0.1) is 17.8 Å². The van der Waals surface area contributed by atoms with E-state index in [9.17, 15) is 9.90 Å². The molecule has 0 unspecified atom stereocenters. The van der Waals surface area contributed by atoms with Gasteiger partial charge in [-0.25, -0.2) is 4.79 Å². The number of hydrogen-bond acceptors (Lipinski definition) is 5. The van der Waals surface area contributed by atoms with Crippen LogP contribution in [0.15, 0.2) is 24.3 Å². The van der Waals surface area contributed by atoms with Crippen molar-refractivity contribution < 1.29 is 19.1 Å². The van der Waals surface area contributed by atoms with Crippen molar-refractivity contribution in [2.45, 2.75) is 122 Å². The number of carbonyl (C=O) groups excluding carboxylic acids is 1. The van der Waals surface area contributed by atoms with Crippen molar-refractivity contribution in [3.63, 3.8) is 0 Å². The average molecular weight is 571 g/mol. The molecule has 1 heterocycles. The third-order valence-electron chi connectivity index (χ3n) is 8.44. The maximum absolute atomic E-state index is 11.7. The molecule has 0 amide bonds. The highest BCUT2D eigenvalue weighted by atomic mass is 35.5. The molecule has 0 aliphatic heterocycles. The van der Waals surface area contributed by atoms with Crippen molar-refractivity contribution in [1.29, 1.82) is 0 Å². The van der Waals surface area contributed by atoms with Crippen LogP contribution in [0.25, 0.3) is 0 Å². The molecule has 1 N–H and O–H groups in total. The van der Waals surface area contributed by atoms with E-state index >= 15 is 0 Å². The van der Waals surface area contributed by atoms with Crippen LogP contribution in [0.4, 0.5) is 0 Å². The summed E-state index contributed by atoms with van der Waals surface area (Å²) in [6, 6.07) is 3.88. The summed E-state index contributed by atoms with van der Waals surface area (Å²) in [6.45, 7) is 15.9. The summed E-state index contributed by atoms with van der Waals surface area (Å²) in [4.78, 5) is 13.6. The van der Waals surface area contributed by atoms with Gasteiger partial charge in [-0.3, -0.25) is 0 Å². The van der Waals surface area contributed by atoms with Crippen molar-refractivity contribution in [2.75, 3.05) is 7.11 Å². The molecular weight excluding hydrogens is 520 g/mol. The van der Waals surface area contributed by atoms with Gasteiger partial charge < -0.3 is 14.3 Å². The van der Waals surface area contributed by atoms with Crippen LogP contribution < -0.4 is 0 Å². The molecule has 1 saturated carbocycles. The van der Waals surface area contributed by atoms with Gasteiger partial charge in [-0.1, -0.05) is 52.7 Å². The van der Waals surface area contributed by atoms with E-state index < -0.39 is 14.4 Å². The second-order valence-corrected chi connectivity index (χ2v) is 19.0. The van der Waals surface area contributed by atoms with Gasteiger partial charge in [0.1, 0.15) is 4.88 Å². The standard InChI is InChI=1S/C30H51ClO4SSi/c1-21-20-27(31)26(15-11-14-24-17-19-28(36-24)29(33)34-6)25(21)18-16-23(32)13-10-9-12-22(2)35-37(7,8)30(3,4)5/h16-19,21-23,25-27,32H,9-15,20H2,1-8H3/b18-16+/t21-,22-,23-,25+,26-,27-/m1/s1. The van der Waals surface area contributed by atoms with E-state index in [1.54, 1.807) is 0 Å². The molecule has 0 radical (unpaired) electrons. The van der Waals surface area contributed by atoms with Crippen molar-refractivity contribution in [3.05, 3.63) is 34.0 Å². The molecule has 1 aliphatic rings. The van der Waals surface area contributed by atoms with Gasteiger partial charge in [-0.15, -0.1) is 22.9 Å². The van der Waals surface area contributed by atoms with Crippen LogP contribution >= 0.6 is 22.9 Å². The molecule has 1 aromatic rings. The Morgan fingerprint density at radius 1 is 1.24 bits per heavy atom. The third-order valence-corrected chi connectivity index (χ3v) is 14.7. The summed E-state index contributed by atoms with van der Waals surface area (Å²) in [6.07, 6.45) is 12.1. The van der Waals surface area contributed by atoms with E-state index in [1.165, 1.54) is 23.3 Å². The fraction of sp³-hybridized carbons (Fsp3) is 0.767. The zero-order valence-electron chi connectivity index (χ0n) is 24.4. The highest BCUT2D eigenvalue weighted by Gasteiger charge is 2.39. The Balaban J connectivity index is 1.76. The number of rotatable bonds is 14. The van der Waals surface area contributed by atoms with Crippen LogP contribution in [0.5, 0.6) is 0 Å². The predicted molar refractivity (Wildman–Crippen MR) is 160 cm³/mol. The van der Waals surface area contributed by atoms with E-state index in [-0.39, 0.29) is 22.5 Å². The number of ether oxygens (including phenoxy) is 1. The van der Waals surface area contributed by atoms with Crippen molar-refractivity contribution in [3.8, 4) is 0 Å². The zero-order valence-corrected chi connectivity index (χ0v) is 27.0. The van der Waals surface area contributed by atoms with Crippen LogP contribution in [-0.2, 0) is 15.6 Å². The Kier molecular flexibility index (Phi) is 12.9. The number of esters is 1. The second kappa shape index (κ2) is 14.6. The second-order valence-electron chi connectivity index (χ2n) is 12.5. The van der Waals surface area contributed by atoms with Gasteiger partial charge in [0, 0.05) is 16.4 Å². The maximum Gasteiger partial charge on any atom is 0.348 e. The van der Waals surface area contributed by atoms with Crippen molar-refractivity contribution in [1.82, 2.24) is 0 Å². The normalized spacial score (nSPS) is 24.5. The molecule has 0 spiro atoms. The summed E-state index contributed by atoms with van der Waals surface area (Å²) in [7, 11) is -0.303. The minimum absolute atomic E-state index is 0.179. The lowest BCUT2D eigenvalue weighted by Crippen LogP contribution is -2.43. The minimum atomic E-state index is -1.72. The van der Waals surface area contributed by atoms with E-state index in [0.717, 1.165) is 51.4 Å². The molecular formula is C30H51ClO4SSi. The molecule has 0 bridgehead atoms. The fourth-order valence-corrected chi connectivity index (χ4v) is 8.19. The quantitative estimate of drug-likeness (QED) is 0.0799. The number of aliphatic hydroxyl groups is 1. The molecule has 7 heteroatoms. The Labute approximate surface area is 236 Å². The number of hydrogen-bond donors (Lipinski definition) is 1. The zero-order chi connectivity index (χ0) is 27.8. The average Bonchev–Trinajstić information content (AvgIpc) is 3.38. The third kappa shape index (κ3) is 10.1. The SMILES string of the molecule is COC(=O)c1ccc(CCC[C@@H]2[C@@H](/C=C/[C@H](O)CCCC[C@@H](C)O[Si](C)(C)C(C)(C)C)[C@H](C)C[C@H]2Cl)s1. The monoisotopic (exact) mass is 570 g/mol. The van der Waals surface area contributed by atoms with Crippen LogP contribution in [0.3, 0.4) is 0 Å². The Hall–Kier alpha value is -0.663. The highest BCUT2D eigenvalue weighted by Crippen LogP contribution is 2.44. The molecule has 6 atom stereocenters. The van der Waals surface area contributed by atoms with Crippen LogP contribution in [0.2, 0.25) is 18.1 Å². The van der Waals surface area contributed by atoms with Crippen LogP contribution in [0.1, 0.15) is 94.1 Å². The molecule has 37 heavy (non-hydrogen) atoms. The number of alkyl halides is 1. The van der Waals surface area contributed by atoms with Gasteiger partial charge in [0.2, 0.25) is 0 Å². The van der Waals surface area contributed by atoms with E-state index in [4.69, 9.17) is 20.8 Å². The van der Waals surface area contributed by atoms with E-state index in [1.807, 2.05) is 18.2 Å². The first-order valence-corrected chi connectivity index (χ1v) is 18.3. The Morgan fingerprint density at radius 2 is 1.92 bits per heavy atom. The number of unbranched alkanes of at least 4 members (excludes halogenated alkanes) is 1. The van der Waals surface area contributed by atoms with Crippen LogP contribution in [-0.4, -0.2) is 44.1 Å². The Morgan fingerprint density at radius 3 is 2.57 bits per heavy atom. The summed E-state index contributed by atoms with van der Waals surface area (Å²) in [5.74, 6) is 1.09. The number of aryl methyl sites for hydroxylation is 1. The fourth-order valence-electron chi connectivity index (χ4n) is 5.17. The molecule has 212 valence electrons. The first kappa shape index (κ1) is 32.5. The van der Waals surface area contributed by atoms with Crippen molar-refractivity contribution >= 4 is 37.2 Å². The van der Waals surface area contributed by atoms with Gasteiger partial charge in [-0.05, 0) is 93.5 Å². The van der Waals surface area contributed by atoms with Gasteiger partial charge in [0.15, 0.2) is 8.32 Å². The molecule has 1 aromatic heterocycles. The van der Waals surface area contributed by atoms with Gasteiger partial charge in [0.05, 0.1) is 13.2 Å². The van der Waals surface area contributed by atoms with Gasteiger partial charge in [0.25, 0.3) is 0 Å². The summed E-state index contributed by atoms with van der Waals surface area (Å²) in [5.41, 5.74) is 0. The molecule has 2 rings (SSSR count). The lowest BCUT2D eigenvalue weighted by atomic mass is 9.86. The summed E-state index contributed by atoms with van der Waals surface area (Å²) < 4.78 is 11.3. The number of methoxy groups -OCH3 is 1. The number of halogens is 1. The molecule has 1 aliphatic carbocycles.